The van der Waals surface area contributed by atoms with Crippen LogP contribution in [-0.4, -0.2) is 30.8 Å². The minimum Gasteiger partial charge on any atom is -0.392 e. The van der Waals surface area contributed by atoms with E-state index in [0.29, 0.717) is 24.9 Å². The van der Waals surface area contributed by atoms with Crippen LogP contribution in [0.3, 0.4) is 0 Å². The molecule has 0 rings (SSSR count). The molecule has 0 radical (unpaired) electrons. The minimum absolute atomic E-state index is 0.203. The second-order valence-electron chi connectivity index (χ2n) is 4.34. The lowest BCUT2D eigenvalue weighted by Crippen LogP contribution is -2.35. The van der Waals surface area contributed by atoms with Crippen molar-refractivity contribution in [2.24, 2.45) is 17.6 Å². The molecular weight excluding hydrogens is 176 g/mol. The van der Waals surface area contributed by atoms with Gasteiger partial charge in [-0.25, -0.2) is 0 Å². The SMILES string of the molecule is CCCC(O)CNCC(CN)C(C)C. The Balaban J connectivity index is 3.50. The lowest BCUT2D eigenvalue weighted by atomic mass is 9.96. The highest BCUT2D eigenvalue weighted by atomic mass is 16.3. The molecule has 0 fully saturated rings. The van der Waals surface area contributed by atoms with Crippen molar-refractivity contribution in [2.75, 3.05) is 19.6 Å². The molecule has 0 heterocycles. The molecule has 0 aromatic carbocycles. The number of nitrogens with two attached hydrogens (primary N) is 1. The molecule has 4 N–H and O–H groups in total. The zero-order chi connectivity index (χ0) is 11.0. The van der Waals surface area contributed by atoms with Crippen LogP contribution in [0.25, 0.3) is 0 Å². The molecule has 14 heavy (non-hydrogen) atoms. The number of aliphatic hydroxyl groups excluding tert-OH is 1. The summed E-state index contributed by atoms with van der Waals surface area (Å²) >= 11 is 0. The molecule has 0 spiro atoms. The van der Waals surface area contributed by atoms with E-state index in [2.05, 4.69) is 26.1 Å². The van der Waals surface area contributed by atoms with E-state index < -0.39 is 0 Å². The molecule has 0 aromatic rings. The van der Waals surface area contributed by atoms with E-state index in [-0.39, 0.29) is 6.10 Å². The van der Waals surface area contributed by atoms with Gasteiger partial charge < -0.3 is 16.2 Å². The third-order valence-corrected chi connectivity index (χ3v) is 2.65. The average molecular weight is 202 g/mol. The minimum atomic E-state index is -0.203. The predicted molar refractivity (Wildman–Crippen MR) is 61.2 cm³/mol. The van der Waals surface area contributed by atoms with Crippen LogP contribution in [0.15, 0.2) is 0 Å². The molecule has 0 amide bonds. The molecule has 0 saturated carbocycles. The van der Waals surface area contributed by atoms with Crippen molar-refractivity contribution >= 4 is 0 Å². The Bertz CT molecular complexity index is 128. The van der Waals surface area contributed by atoms with Crippen LogP contribution >= 0.6 is 0 Å². The normalized spacial score (nSPS) is 15.9. The van der Waals surface area contributed by atoms with Crippen molar-refractivity contribution in [2.45, 2.75) is 39.7 Å². The highest BCUT2D eigenvalue weighted by Gasteiger charge is 2.11. The summed E-state index contributed by atoms with van der Waals surface area (Å²) in [6.07, 6.45) is 1.71. The molecule has 0 aliphatic rings. The Morgan fingerprint density at radius 2 is 1.93 bits per heavy atom. The van der Waals surface area contributed by atoms with E-state index in [4.69, 9.17) is 5.73 Å². The van der Waals surface area contributed by atoms with Gasteiger partial charge in [0.05, 0.1) is 6.10 Å². The van der Waals surface area contributed by atoms with Crippen molar-refractivity contribution in [3.63, 3.8) is 0 Å². The van der Waals surface area contributed by atoms with Crippen LogP contribution in [0.2, 0.25) is 0 Å². The summed E-state index contributed by atoms with van der Waals surface area (Å²) in [6, 6.07) is 0. The van der Waals surface area contributed by atoms with Crippen LogP contribution in [0.1, 0.15) is 33.6 Å². The van der Waals surface area contributed by atoms with Crippen molar-refractivity contribution in [1.82, 2.24) is 5.32 Å². The maximum atomic E-state index is 9.48. The monoisotopic (exact) mass is 202 g/mol. The molecule has 86 valence electrons. The Morgan fingerprint density at radius 3 is 2.36 bits per heavy atom. The van der Waals surface area contributed by atoms with Crippen LogP contribution < -0.4 is 11.1 Å². The molecule has 3 heteroatoms. The van der Waals surface area contributed by atoms with Crippen LogP contribution in [0.5, 0.6) is 0 Å². The van der Waals surface area contributed by atoms with Gasteiger partial charge in [-0.1, -0.05) is 27.2 Å². The molecular formula is C11H26N2O. The van der Waals surface area contributed by atoms with E-state index in [1.807, 2.05) is 0 Å². The van der Waals surface area contributed by atoms with Crippen molar-refractivity contribution < 1.29 is 5.11 Å². The third-order valence-electron chi connectivity index (χ3n) is 2.65. The van der Waals surface area contributed by atoms with Crippen molar-refractivity contribution in [3.8, 4) is 0 Å². The Labute approximate surface area is 88.1 Å². The fraction of sp³-hybridized carbons (Fsp3) is 1.00. The number of hydrogen-bond donors (Lipinski definition) is 3. The van der Waals surface area contributed by atoms with Gasteiger partial charge in [-0.3, -0.25) is 0 Å². The topological polar surface area (TPSA) is 58.3 Å². The fourth-order valence-electron chi connectivity index (χ4n) is 1.46. The smallest absolute Gasteiger partial charge is 0.0664 e. The van der Waals surface area contributed by atoms with Gasteiger partial charge in [0.2, 0.25) is 0 Å². The summed E-state index contributed by atoms with van der Waals surface area (Å²) in [5, 5.41) is 12.8. The molecule has 0 aromatic heterocycles. The summed E-state index contributed by atoms with van der Waals surface area (Å²) in [5.41, 5.74) is 5.65. The van der Waals surface area contributed by atoms with Crippen molar-refractivity contribution in [3.05, 3.63) is 0 Å². The van der Waals surface area contributed by atoms with Crippen LogP contribution in [0, 0.1) is 11.8 Å². The standard InChI is InChI=1S/C11H26N2O/c1-4-5-11(14)8-13-7-10(6-12)9(2)3/h9-11,13-14H,4-8,12H2,1-3H3. The molecule has 0 aliphatic carbocycles. The first kappa shape index (κ1) is 13.9. The molecule has 0 saturated heterocycles. The summed E-state index contributed by atoms with van der Waals surface area (Å²) in [5.74, 6) is 1.12. The van der Waals surface area contributed by atoms with Gasteiger partial charge in [-0.15, -0.1) is 0 Å². The first-order valence-electron chi connectivity index (χ1n) is 5.70. The van der Waals surface area contributed by atoms with E-state index in [0.717, 1.165) is 19.4 Å². The van der Waals surface area contributed by atoms with Crippen LogP contribution in [-0.2, 0) is 0 Å². The van der Waals surface area contributed by atoms with Gasteiger partial charge in [-0.05, 0) is 31.3 Å². The van der Waals surface area contributed by atoms with Crippen molar-refractivity contribution in [1.29, 1.82) is 0 Å². The fourth-order valence-corrected chi connectivity index (χ4v) is 1.46. The first-order chi connectivity index (χ1) is 6.61. The predicted octanol–water partition coefficient (Wildman–Crippen LogP) is 0.968. The second-order valence-corrected chi connectivity index (χ2v) is 4.34. The summed E-state index contributed by atoms with van der Waals surface area (Å²) in [7, 11) is 0. The van der Waals surface area contributed by atoms with Gasteiger partial charge in [0.25, 0.3) is 0 Å². The molecule has 3 nitrogen and oxygen atoms in total. The van der Waals surface area contributed by atoms with E-state index in [1.165, 1.54) is 0 Å². The quantitative estimate of drug-likeness (QED) is 0.549. The van der Waals surface area contributed by atoms with Gasteiger partial charge in [0.1, 0.15) is 0 Å². The summed E-state index contributed by atoms with van der Waals surface area (Å²) in [4.78, 5) is 0. The first-order valence-corrected chi connectivity index (χ1v) is 5.70. The maximum absolute atomic E-state index is 9.48. The van der Waals surface area contributed by atoms with E-state index in [1.54, 1.807) is 0 Å². The average Bonchev–Trinajstić information content (AvgIpc) is 2.12. The molecule has 2 unspecified atom stereocenters. The van der Waals surface area contributed by atoms with E-state index in [9.17, 15) is 5.11 Å². The summed E-state index contributed by atoms with van der Waals surface area (Å²) < 4.78 is 0. The highest BCUT2D eigenvalue weighted by molar-refractivity contribution is 4.68. The lowest BCUT2D eigenvalue weighted by molar-refractivity contribution is 0.157. The zero-order valence-corrected chi connectivity index (χ0v) is 9.79. The van der Waals surface area contributed by atoms with Gasteiger partial charge in [0.15, 0.2) is 0 Å². The molecule has 0 aliphatic heterocycles. The molecule has 0 bridgehead atoms. The number of hydrogen-bond acceptors (Lipinski definition) is 3. The maximum Gasteiger partial charge on any atom is 0.0664 e. The third kappa shape index (κ3) is 6.35. The molecule has 2 atom stereocenters. The van der Waals surface area contributed by atoms with E-state index >= 15 is 0 Å². The second kappa shape index (κ2) is 8.21. The largest absolute Gasteiger partial charge is 0.392 e. The Morgan fingerprint density at radius 1 is 1.29 bits per heavy atom. The van der Waals surface area contributed by atoms with Gasteiger partial charge in [-0.2, -0.15) is 0 Å². The number of aliphatic hydroxyl groups is 1. The lowest BCUT2D eigenvalue weighted by Gasteiger charge is -2.20. The Hall–Kier alpha value is -0.120. The number of rotatable bonds is 8. The van der Waals surface area contributed by atoms with Gasteiger partial charge in [0, 0.05) is 6.54 Å². The van der Waals surface area contributed by atoms with Gasteiger partial charge >= 0.3 is 0 Å². The highest BCUT2D eigenvalue weighted by Crippen LogP contribution is 2.07. The Kier molecular flexibility index (Phi) is 8.14. The zero-order valence-electron chi connectivity index (χ0n) is 9.79. The van der Waals surface area contributed by atoms with Crippen LogP contribution in [0.4, 0.5) is 0 Å². The number of nitrogens with one attached hydrogen (secondary N) is 1. The summed E-state index contributed by atoms with van der Waals surface area (Å²) in [6.45, 7) is 8.77.